The number of thiophene rings is 1. The van der Waals surface area contributed by atoms with Crippen LogP contribution in [0.3, 0.4) is 0 Å². The largest absolute Gasteiger partial charge is 0.384 e. The molecule has 0 aliphatic carbocycles. The molecule has 1 aromatic rings. The number of amides is 1. The molecular weight excluding hydrogens is 272 g/mol. The van der Waals surface area contributed by atoms with Gasteiger partial charge in [-0.3, -0.25) is 9.69 Å². The van der Waals surface area contributed by atoms with Gasteiger partial charge in [0.15, 0.2) is 0 Å². The minimum Gasteiger partial charge on any atom is -0.384 e. The zero-order valence-corrected chi connectivity index (χ0v) is 12.9. The Morgan fingerprint density at radius 2 is 2.05 bits per heavy atom. The molecule has 0 bridgehead atoms. The minimum absolute atomic E-state index is 0.0823. The van der Waals surface area contributed by atoms with Gasteiger partial charge >= 0.3 is 0 Å². The molecule has 1 fully saturated rings. The highest BCUT2D eigenvalue weighted by Gasteiger charge is 2.30. The zero-order valence-electron chi connectivity index (χ0n) is 12.1. The van der Waals surface area contributed by atoms with Gasteiger partial charge in [-0.15, -0.1) is 11.3 Å². The number of rotatable bonds is 1. The van der Waals surface area contributed by atoms with Crippen LogP contribution in [0.25, 0.3) is 0 Å². The predicted octanol–water partition coefficient (Wildman–Crippen LogP) is 1.26. The van der Waals surface area contributed by atoms with E-state index in [-0.39, 0.29) is 12.5 Å². The van der Waals surface area contributed by atoms with Gasteiger partial charge in [0.1, 0.15) is 6.61 Å². The number of hydrogen-bond acceptors (Lipinski definition) is 4. The third kappa shape index (κ3) is 3.21. The summed E-state index contributed by atoms with van der Waals surface area (Å²) in [6.45, 7) is 5.64. The van der Waals surface area contributed by atoms with Crippen molar-refractivity contribution in [3.8, 4) is 11.8 Å². The van der Waals surface area contributed by atoms with Gasteiger partial charge in [-0.05, 0) is 33.0 Å². The number of hydrogen-bond donors (Lipinski definition) is 1. The lowest BCUT2D eigenvalue weighted by atomic mass is 10.1. The van der Waals surface area contributed by atoms with Gasteiger partial charge < -0.3 is 10.0 Å². The molecule has 0 aromatic carbocycles. The van der Waals surface area contributed by atoms with E-state index in [4.69, 9.17) is 5.11 Å². The van der Waals surface area contributed by atoms with Gasteiger partial charge in [0.2, 0.25) is 0 Å². The van der Waals surface area contributed by atoms with Crippen molar-refractivity contribution in [2.45, 2.75) is 25.9 Å². The Morgan fingerprint density at radius 3 is 2.65 bits per heavy atom. The van der Waals surface area contributed by atoms with Crippen LogP contribution in [0.1, 0.15) is 28.4 Å². The molecular formula is C15H20N2O2S. The van der Waals surface area contributed by atoms with E-state index in [1.54, 1.807) is 0 Å². The Kier molecular flexibility index (Phi) is 4.81. The van der Waals surface area contributed by atoms with E-state index in [1.165, 1.54) is 11.3 Å². The highest BCUT2D eigenvalue weighted by molar-refractivity contribution is 7.14. The summed E-state index contributed by atoms with van der Waals surface area (Å²) < 4.78 is 0. The maximum atomic E-state index is 12.5. The first kappa shape index (κ1) is 15.0. The number of likely N-dealkylation sites (N-methyl/N-ethyl adjacent to an activating group) is 1. The van der Waals surface area contributed by atoms with Crippen LogP contribution in [0.15, 0.2) is 12.1 Å². The SMILES string of the molecule is CC1CN(C(=O)c2ccc(C#CCO)s2)CC(C)N1C. The van der Waals surface area contributed by atoms with Gasteiger partial charge in [-0.25, -0.2) is 0 Å². The molecule has 1 amide bonds. The fourth-order valence-electron chi connectivity index (χ4n) is 2.37. The minimum atomic E-state index is -0.158. The lowest BCUT2D eigenvalue weighted by Gasteiger charge is -2.42. The van der Waals surface area contributed by atoms with Crippen LogP contribution < -0.4 is 0 Å². The van der Waals surface area contributed by atoms with Crippen LogP contribution >= 0.6 is 11.3 Å². The summed E-state index contributed by atoms with van der Waals surface area (Å²) in [6, 6.07) is 4.40. The molecule has 4 nitrogen and oxygen atoms in total. The van der Waals surface area contributed by atoms with Gasteiger partial charge in [0.05, 0.1) is 9.75 Å². The van der Waals surface area contributed by atoms with Crippen molar-refractivity contribution in [3.63, 3.8) is 0 Å². The number of aliphatic hydroxyl groups excluding tert-OH is 1. The molecule has 1 aliphatic heterocycles. The van der Waals surface area contributed by atoms with E-state index in [0.29, 0.717) is 12.1 Å². The molecule has 1 saturated heterocycles. The molecule has 0 spiro atoms. The standard InChI is InChI=1S/C15H20N2O2S/c1-11-9-17(10-12(2)16(11)3)15(19)14-7-6-13(20-14)5-4-8-18/h6-7,11-12,18H,8-10H2,1-3H3. The second-order valence-corrected chi connectivity index (χ2v) is 6.28. The van der Waals surface area contributed by atoms with E-state index in [9.17, 15) is 4.79 Å². The van der Waals surface area contributed by atoms with Crippen LogP contribution in [0.2, 0.25) is 0 Å². The van der Waals surface area contributed by atoms with Crippen molar-refractivity contribution >= 4 is 17.2 Å². The lowest BCUT2D eigenvalue weighted by Crippen LogP contribution is -2.56. The average Bonchev–Trinajstić information content (AvgIpc) is 2.90. The van der Waals surface area contributed by atoms with Crippen LogP contribution in [-0.4, -0.2) is 59.6 Å². The van der Waals surface area contributed by atoms with Crippen LogP contribution in [0.5, 0.6) is 0 Å². The highest BCUT2D eigenvalue weighted by Crippen LogP contribution is 2.21. The highest BCUT2D eigenvalue weighted by atomic mass is 32.1. The molecule has 0 radical (unpaired) electrons. The summed E-state index contributed by atoms with van der Waals surface area (Å²) in [5, 5.41) is 8.68. The number of carbonyl (C=O) groups is 1. The van der Waals surface area contributed by atoms with Crippen molar-refractivity contribution in [1.29, 1.82) is 0 Å². The van der Waals surface area contributed by atoms with Crippen molar-refractivity contribution in [2.24, 2.45) is 0 Å². The van der Waals surface area contributed by atoms with E-state index >= 15 is 0 Å². The second-order valence-electron chi connectivity index (χ2n) is 5.20. The Hall–Kier alpha value is -1.35. The van der Waals surface area contributed by atoms with E-state index in [2.05, 4.69) is 37.6 Å². The van der Waals surface area contributed by atoms with Gasteiger partial charge in [0, 0.05) is 25.2 Å². The molecule has 20 heavy (non-hydrogen) atoms. The van der Waals surface area contributed by atoms with Crippen molar-refractivity contribution in [3.05, 3.63) is 21.9 Å². The molecule has 2 atom stereocenters. The summed E-state index contributed by atoms with van der Waals surface area (Å²) in [6.07, 6.45) is 0. The first-order chi connectivity index (χ1) is 9.52. The molecule has 2 unspecified atom stereocenters. The van der Waals surface area contributed by atoms with E-state index in [0.717, 1.165) is 22.8 Å². The Bertz CT molecular complexity index is 532. The average molecular weight is 292 g/mol. The molecule has 1 N–H and O–H groups in total. The van der Waals surface area contributed by atoms with Crippen LogP contribution in [0.4, 0.5) is 0 Å². The number of carbonyl (C=O) groups excluding carboxylic acids is 1. The lowest BCUT2D eigenvalue weighted by molar-refractivity contribution is 0.0418. The topological polar surface area (TPSA) is 43.8 Å². The Labute approximate surface area is 124 Å². The first-order valence-electron chi connectivity index (χ1n) is 6.73. The zero-order chi connectivity index (χ0) is 14.7. The second kappa shape index (κ2) is 6.40. The summed E-state index contributed by atoms with van der Waals surface area (Å²) in [4.78, 5) is 18.3. The summed E-state index contributed by atoms with van der Waals surface area (Å²) in [7, 11) is 2.10. The van der Waals surface area contributed by atoms with Gasteiger partial charge in [-0.2, -0.15) is 0 Å². The normalized spacial score (nSPS) is 23.3. The molecule has 5 heteroatoms. The van der Waals surface area contributed by atoms with E-state index < -0.39 is 0 Å². The maximum absolute atomic E-state index is 12.5. The fraction of sp³-hybridized carbons (Fsp3) is 0.533. The molecule has 1 aliphatic rings. The number of nitrogens with zero attached hydrogens (tertiary/aromatic N) is 2. The number of aliphatic hydroxyl groups is 1. The van der Waals surface area contributed by atoms with E-state index in [1.807, 2.05) is 17.0 Å². The Balaban J connectivity index is 2.09. The van der Waals surface area contributed by atoms with Crippen LogP contribution in [0, 0.1) is 11.8 Å². The van der Waals surface area contributed by atoms with Crippen molar-refractivity contribution < 1.29 is 9.90 Å². The molecule has 0 saturated carbocycles. The smallest absolute Gasteiger partial charge is 0.264 e. The fourth-order valence-corrected chi connectivity index (χ4v) is 3.22. The van der Waals surface area contributed by atoms with Crippen LogP contribution in [-0.2, 0) is 0 Å². The summed E-state index contributed by atoms with van der Waals surface area (Å²) >= 11 is 1.39. The molecule has 108 valence electrons. The molecule has 2 rings (SSSR count). The van der Waals surface area contributed by atoms with Gasteiger partial charge in [0.25, 0.3) is 5.91 Å². The summed E-state index contributed by atoms with van der Waals surface area (Å²) in [5.74, 6) is 5.52. The quantitative estimate of drug-likeness (QED) is 0.793. The first-order valence-corrected chi connectivity index (χ1v) is 7.55. The van der Waals surface area contributed by atoms with Gasteiger partial charge in [-0.1, -0.05) is 11.8 Å². The molecule has 2 heterocycles. The Morgan fingerprint density at radius 1 is 1.40 bits per heavy atom. The molecule has 1 aromatic heterocycles. The number of piperazine rings is 1. The van der Waals surface area contributed by atoms with Crippen molar-refractivity contribution in [2.75, 3.05) is 26.7 Å². The third-order valence-electron chi connectivity index (χ3n) is 3.75. The monoisotopic (exact) mass is 292 g/mol. The maximum Gasteiger partial charge on any atom is 0.264 e. The summed E-state index contributed by atoms with van der Waals surface area (Å²) in [5.41, 5.74) is 0. The van der Waals surface area contributed by atoms with Crippen molar-refractivity contribution in [1.82, 2.24) is 9.80 Å². The third-order valence-corrected chi connectivity index (χ3v) is 4.74. The predicted molar refractivity (Wildman–Crippen MR) is 80.9 cm³/mol.